The van der Waals surface area contributed by atoms with Gasteiger partial charge in [-0.3, -0.25) is 0 Å². The first-order chi connectivity index (χ1) is 27.3. The van der Waals surface area contributed by atoms with Gasteiger partial charge in [0.2, 0.25) is 0 Å². The molecule has 0 amide bonds. The molecule has 0 fully saturated rings. The standard InChI is InChI=1S/C57H48/c1-33-27-35(16-21-42(33)43-22-15-34-13-14-39-28-41(55(2,3)4)29-40-20-26-48(43)54(34)53(39)40)36-17-24-46-47-25-19-38(32-52(47)57(7,8)51(46)30-36)37-18-23-45-44-11-9-10-12-49(44)56(5,6)50(45)31-37/h9-32H,1-8H3. The quantitative estimate of drug-likeness (QED) is 0.159. The minimum absolute atomic E-state index is 0.0141. The van der Waals surface area contributed by atoms with Crippen molar-refractivity contribution < 1.29 is 0 Å². The number of aryl methyl sites for hydroxylation is 1. The molecule has 9 aromatic rings. The van der Waals surface area contributed by atoms with Gasteiger partial charge < -0.3 is 0 Å². The van der Waals surface area contributed by atoms with E-state index in [2.05, 4.69) is 201 Å². The van der Waals surface area contributed by atoms with Crippen LogP contribution >= 0.6 is 0 Å². The van der Waals surface area contributed by atoms with Gasteiger partial charge in [0.1, 0.15) is 0 Å². The zero-order chi connectivity index (χ0) is 39.2. The van der Waals surface area contributed by atoms with Crippen LogP contribution < -0.4 is 0 Å². The summed E-state index contributed by atoms with van der Waals surface area (Å²) in [5, 5.41) is 8.05. The average molecular weight is 733 g/mol. The second-order valence-corrected chi connectivity index (χ2v) is 19.0. The van der Waals surface area contributed by atoms with E-state index >= 15 is 0 Å². The molecule has 9 aromatic carbocycles. The third-order valence-corrected chi connectivity index (χ3v) is 13.9. The Balaban J connectivity index is 0.941. The fourth-order valence-electron chi connectivity index (χ4n) is 10.6. The van der Waals surface area contributed by atoms with Crippen LogP contribution in [0.1, 0.15) is 81.8 Å². The van der Waals surface area contributed by atoms with Crippen LogP contribution in [-0.4, -0.2) is 0 Å². The molecular weight excluding hydrogens is 685 g/mol. The Morgan fingerprint density at radius 2 is 0.807 bits per heavy atom. The molecule has 11 rings (SSSR count). The Kier molecular flexibility index (Phi) is 6.95. The van der Waals surface area contributed by atoms with Gasteiger partial charge in [0.25, 0.3) is 0 Å². The van der Waals surface area contributed by atoms with Gasteiger partial charge in [-0.15, -0.1) is 0 Å². The zero-order valence-corrected chi connectivity index (χ0v) is 34.4. The van der Waals surface area contributed by atoms with E-state index in [9.17, 15) is 0 Å². The van der Waals surface area contributed by atoms with Crippen molar-refractivity contribution in [1.29, 1.82) is 0 Å². The summed E-state index contributed by atoms with van der Waals surface area (Å²) < 4.78 is 0. The Hall–Kier alpha value is -5.98. The molecule has 0 N–H and O–H groups in total. The van der Waals surface area contributed by atoms with Crippen molar-refractivity contribution in [2.75, 3.05) is 0 Å². The number of benzene rings is 9. The average Bonchev–Trinajstić information content (AvgIpc) is 3.58. The van der Waals surface area contributed by atoms with Crippen molar-refractivity contribution in [1.82, 2.24) is 0 Å². The van der Waals surface area contributed by atoms with Crippen LogP contribution in [0.5, 0.6) is 0 Å². The Labute approximate surface area is 337 Å². The molecule has 0 heteroatoms. The smallest absolute Gasteiger partial charge is 0.0159 e. The summed E-state index contributed by atoms with van der Waals surface area (Å²) >= 11 is 0. The highest BCUT2D eigenvalue weighted by Crippen LogP contribution is 2.53. The van der Waals surface area contributed by atoms with Gasteiger partial charge >= 0.3 is 0 Å². The second-order valence-electron chi connectivity index (χ2n) is 19.0. The molecule has 0 radical (unpaired) electrons. The van der Waals surface area contributed by atoms with Crippen molar-refractivity contribution in [3.8, 4) is 55.6 Å². The van der Waals surface area contributed by atoms with Crippen LogP contribution in [0, 0.1) is 6.92 Å². The Morgan fingerprint density at radius 3 is 1.37 bits per heavy atom. The van der Waals surface area contributed by atoms with E-state index < -0.39 is 0 Å². The minimum atomic E-state index is -0.118. The lowest BCUT2D eigenvalue weighted by molar-refractivity contribution is 0.591. The summed E-state index contributed by atoms with van der Waals surface area (Å²) in [5.41, 5.74) is 21.5. The number of hydrogen-bond donors (Lipinski definition) is 0. The van der Waals surface area contributed by atoms with Crippen LogP contribution in [0.15, 0.2) is 146 Å². The lowest BCUT2D eigenvalue weighted by Gasteiger charge is -2.23. The van der Waals surface area contributed by atoms with Crippen molar-refractivity contribution in [3.63, 3.8) is 0 Å². The normalized spacial score (nSPS) is 14.9. The van der Waals surface area contributed by atoms with Crippen LogP contribution in [0.25, 0.3) is 88.0 Å². The maximum Gasteiger partial charge on any atom is 0.0159 e. The van der Waals surface area contributed by atoms with Gasteiger partial charge in [-0.25, -0.2) is 0 Å². The zero-order valence-electron chi connectivity index (χ0n) is 34.4. The SMILES string of the molecule is Cc1cc(-c2ccc3c(c2)C(C)(C)c2cc(-c4ccc5c(c4)C(C)(C)c4ccccc4-5)ccc2-3)ccc1-c1ccc2ccc3cc(C(C)(C)C)cc4ccc1c2c34. The Morgan fingerprint density at radius 1 is 0.368 bits per heavy atom. The maximum absolute atomic E-state index is 2.46. The summed E-state index contributed by atoms with van der Waals surface area (Å²) in [5.74, 6) is 0. The summed E-state index contributed by atoms with van der Waals surface area (Å²) in [6, 6.07) is 56.2. The lowest BCUT2D eigenvalue weighted by Crippen LogP contribution is -2.15. The molecule has 0 spiro atoms. The topological polar surface area (TPSA) is 0 Å². The van der Waals surface area contributed by atoms with Crippen molar-refractivity contribution in [2.45, 2.75) is 71.6 Å². The van der Waals surface area contributed by atoms with Gasteiger partial charge in [0.05, 0.1) is 0 Å². The van der Waals surface area contributed by atoms with E-state index in [-0.39, 0.29) is 16.2 Å². The molecule has 0 aromatic heterocycles. The van der Waals surface area contributed by atoms with Gasteiger partial charge in [-0.2, -0.15) is 0 Å². The van der Waals surface area contributed by atoms with Gasteiger partial charge in [0, 0.05) is 10.8 Å². The highest BCUT2D eigenvalue weighted by atomic mass is 14.4. The van der Waals surface area contributed by atoms with Crippen LogP contribution in [0.3, 0.4) is 0 Å². The molecule has 0 nitrogen and oxygen atoms in total. The first-order valence-electron chi connectivity index (χ1n) is 20.7. The first-order valence-corrected chi connectivity index (χ1v) is 20.7. The molecular formula is C57H48. The molecule has 57 heavy (non-hydrogen) atoms. The van der Waals surface area contributed by atoms with Crippen molar-refractivity contribution >= 4 is 32.3 Å². The van der Waals surface area contributed by atoms with Gasteiger partial charge in [-0.1, -0.05) is 176 Å². The van der Waals surface area contributed by atoms with Crippen LogP contribution in [-0.2, 0) is 16.2 Å². The predicted octanol–water partition coefficient (Wildman–Crippen LogP) is 15.8. The summed E-state index contributed by atoms with van der Waals surface area (Å²) in [6.07, 6.45) is 0. The van der Waals surface area contributed by atoms with E-state index in [4.69, 9.17) is 0 Å². The van der Waals surface area contributed by atoms with Gasteiger partial charge in [0.15, 0.2) is 0 Å². The lowest BCUT2D eigenvalue weighted by atomic mass is 9.80. The fourth-order valence-corrected chi connectivity index (χ4v) is 10.6. The molecule has 0 heterocycles. The number of hydrogen-bond acceptors (Lipinski definition) is 0. The van der Waals surface area contributed by atoms with E-state index in [1.165, 1.54) is 121 Å². The molecule has 276 valence electrons. The molecule has 0 bridgehead atoms. The van der Waals surface area contributed by atoms with E-state index in [1.807, 2.05) is 0 Å². The van der Waals surface area contributed by atoms with Crippen molar-refractivity contribution in [2.24, 2.45) is 0 Å². The minimum Gasteiger partial charge on any atom is -0.0619 e. The third kappa shape index (κ3) is 4.86. The summed E-state index contributed by atoms with van der Waals surface area (Å²) in [7, 11) is 0. The van der Waals surface area contributed by atoms with Crippen LogP contribution in [0.2, 0.25) is 0 Å². The molecule has 2 aliphatic carbocycles. The molecule has 0 aliphatic heterocycles. The number of fused-ring (bicyclic) bond motifs is 6. The third-order valence-electron chi connectivity index (χ3n) is 13.9. The molecule has 0 atom stereocenters. The molecule has 0 saturated carbocycles. The first kappa shape index (κ1) is 34.3. The maximum atomic E-state index is 2.46. The summed E-state index contributed by atoms with van der Waals surface area (Å²) in [4.78, 5) is 0. The Bertz CT molecular complexity index is 3140. The van der Waals surface area contributed by atoms with Crippen molar-refractivity contribution in [3.05, 3.63) is 179 Å². The fraction of sp³-hybridized carbons (Fsp3) is 0.193. The highest BCUT2D eigenvalue weighted by Gasteiger charge is 2.37. The molecule has 0 unspecified atom stereocenters. The highest BCUT2D eigenvalue weighted by molar-refractivity contribution is 6.25. The summed E-state index contributed by atoms with van der Waals surface area (Å²) in [6.45, 7) is 18.7. The number of rotatable bonds is 3. The predicted molar refractivity (Wildman–Crippen MR) is 245 cm³/mol. The largest absolute Gasteiger partial charge is 0.0619 e. The second kappa shape index (κ2) is 11.5. The molecule has 0 saturated heterocycles. The van der Waals surface area contributed by atoms with E-state index in [1.54, 1.807) is 0 Å². The monoisotopic (exact) mass is 732 g/mol. The van der Waals surface area contributed by atoms with E-state index in [0.29, 0.717) is 0 Å². The van der Waals surface area contributed by atoms with Crippen LogP contribution in [0.4, 0.5) is 0 Å². The van der Waals surface area contributed by atoms with E-state index in [0.717, 1.165) is 0 Å². The van der Waals surface area contributed by atoms with Gasteiger partial charge in [-0.05, 0) is 152 Å². The molecule has 2 aliphatic rings.